The number of aliphatic imine (C=N–C) groups is 1. The van der Waals surface area contributed by atoms with Crippen LogP contribution in [0, 0.1) is 6.92 Å². The minimum absolute atomic E-state index is 0.189. The fourth-order valence-corrected chi connectivity index (χ4v) is 5.14. The van der Waals surface area contributed by atoms with Gasteiger partial charge in [-0.3, -0.25) is 9.79 Å². The molecule has 0 aliphatic heterocycles. The van der Waals surface area contributed by atoms with Crippen LogP contribution in [0.25, 0.3) is 22.4 Å². The number of aliphatic hydroxyl groups excluding tert-OH is 1. The van der Waals surface area contributed by atoms with Gasteiger partial charge in [0.1, 0.15) is 17.2 Å². The fourth-order valence-electron chi connectivity index (χ4n) is 4.94. The van der Waals surface area contributed by atoms with Crippen LogP contribution in [0.1, 0.15) is 54.9 Å². The van der Waals surface area contributed by atoms with E-state index >= 15 is 0 Å². The number of fused-ring (bicyclic) bond motifs is 1. The van der Waals surface area contributed by atoms with Gasteiger partial charge in [0.2, 0.25) is 0 Å². The summed E-state index contributed by atoms with van der Waals surface area (Å²) >= 11 is 6.06. The van der Waals surface area contributed by atoms with E-state index in [1.807, 2.05) is 19.1 Å². The predicted molar refractivity (Wildman–Crippen MR) is 149 cm³/mol. The Hall–Kier alpha value is -3.62. The molecule has 6 N–H and O–H groups in total. The molecular weight excluding hydrogens is 488 g/mol. The van der Waals surface area contributed by atoms with Crippen molar-refractivity contribution < 1.29 is 5.11 Å². The van der Waals surface area contributed by atoms with Crippen LogP contribution in [0.3, 0.4) is 0 Å². The summed E-state index contributed by atoms with van der Waals surface area (Å²) in [6.07, 6.45) is 6.57. The minimum Gasteiger partial charge on any atom is -0.387 e. The van der Waals surface area contributed by atoms with E-state index in [9.17, 15) is 9.90 Å². The minimum atomic E-state index is -0.808. The van der Waals surface area contributed by atoms with Crippen molar-refractivity contribution >= 4 is 34.2 Å². The maximum atomic E-state index is 12.9. The summed E-state index contributed by atoms with van der Waals surface area (Å²) in [6.45, 7) is 2.16. The van der Waals surface area contributed by atoms with Crippen LogP contribution in [-0.2, 0) is 0 Å². The summed E-state index contributed by atoms with van der Waals surface area (Å²) in [5.41, 5.74) is 11.0. The van der Waals surface area contributed by atoms with Crippen molar-refractivity contribution in [3.05, 3.63) is 80.7 Å². The molecule has 0 amide bonds. The summed E-state index contributed by atoms with van der Waals surface area (Å²) in [5.74, 6) is 0.961. The van der Waals surface area contributed by atoms with Crippen LogP contribution < -0.4 is 16.6 Å². The number of amidine groups is 1. The molecule has 192 valence electrons. The Bertz CT molecular complexity index is 1500. The highest BCUT2D eigenvalue weighted by atomic mass is 35.5. The molecule has 1 atom stereocenters. The Morgan fingerprint density at radius 3 is 2.84 bits per heavy atom. The first-order valence-corrected chi connectivity index (χ1v) is 13.0. The smallest absolute Gasteiger partial charge is 0.261 e. The van der Waals surface area contributed by atoms with Gasteiger partial charge >= 0.3 is 0 Å². The second-order valence-electron chi connectivity index (χ2n) is 9.63. The number of aromatic amines is 2. The van der Waals surface area contributed by atoms with Crippen LogP contribution in [0.4, 0.5) is 5.69 Å². The standard InChI is InChI=1S/C28H31ClN6O2/c1-16-12-18(26(30)33-20-8-3-2-4-9-20)14-22-25(16)35-27(34-22)24-21(10-11-31-28(24)37)32-15-23(36)17-6-5-7-19(29)13-17/h5-7,10-14,20,23,36H,2-4,8-9,15H2,1H3,(H2,30,33)(H,34,35)(H2,31,32,37). The zero-order chi connectivity index (χ0) is 25.9. The quantitative estimate of drug-likeness (QED) is 0.172. The number of anilines is 1. The topological polar surface area (TPSA) is 132 Å². The lowest BCUT2D eigenvalue weighted by molar-refractivity contribution is 0.191. The van der Waals surface area contributed by atoms with Gasteiger partial charge in [0.05, 0.1) is 28.9 Å². The summed E-state index contributed by atoms with van der Waals surface area (Å²) in [5, 5.41) is 14.4. The predicted octanol–water partition coefficient (Wildman–Crippen LogP) is 5.06. The number of benzene rings is 2. The summed E-state index contributed by atoms with van der Waals surface area (Å²) in [6, 6.07) is 13.0. The van der Waals surface area contributed by atoms with Crippen molar-refractivity contribution in [1.29, 1.82) is 0 Å². The summed E-state index contributed by atoms with van der Waals surface area (Å²) in [7, 11) is 0. The number of nitrogens with zero attached hydrogens (tertiary/aromatic N) is 2. The Labute approximate surface area is 220 Å². The molecule has 1 saturated carbocycles. The van der Waals surface area contributed by atoms with Crippen molar-refractivity contribution in [2.75, 3.05) is 11.9 Å². The molecule has 0 bridgehead atoms. The van der Waals surface area contributed by atoms with E-state index in [-0.39, 0.29) is 18.1 Å². The van der Waals surface area contributed by atoms with Crippen molar-refractivity contribution in [1.82, 2.24) is 15.0 Å². The third-order valence-electron chi connectivity index (χ3n) is 6.89. The third kappa shape index (κ3) is 5.55. The highest BCUT2D eigenvalue weighted by Gasteiger charge is 2.18. The second-order valence-corrected chi connectivity index (χ2v) is 10.1. The molecule has 37 heavy (non-hydrogen) atoms. The fraction of sp³-hybridized carbons (Fsp3) is 0.321. The Kier molecular flexibility index (Phi) is 7.30. The molecule has 1 aliphatic carbocycles. The molecule has 9 heteroatoms. The number of H-pyrrole nitrogens is 2. The molecule has 1 aliphatic rings. The van der Waals surface area contributed by atoms with E-state index in [4.69, 9.17) is 27.3 Å². The number of hydrogen-bond donors (Lipinski definition) is 5. The first kappa shape index (κ1) is 25.0. The number of nitrogens with two attached hydrogens (primary N) is 1. The highest BCUT2D eigenvalue weighted by Crippen LogP contribution is 2.28. The van der Waals surface area contributed by atoms with Gasteiger partial charge in [-0.2, -0.15) is 0 Å². The lowest BCUT2D eigenvalue weighted by Crippen LogP contribution is -2.19. The van der Waals surface area contributed by atoms with E-state index < -0.39 is 6.10 Å². The van der Waals surface area contributed by atoms with E-state index in [2.05, 4.69) is 15.3 Å². The van der Waals surface area contributed by atoms with Gasteiger partial charge < -0.3 is 26.1 Å². The number of aryl methyl sites for hydroxylation is 1. The molecule has 8 nitrogen and oxygen atoms in total. The zero-order valence-electron chi connectivity index (χ0n) is 20.7. The third-order valence-corrected chi connectivity index (χ3v) is 7.12. The number of halogens is 1. The van der Waals surface area contributed by atoms with Crippen molar-refractivity contribution in [3.63, 3.8) is 0 Å². The molecule has 2 heterocycles. The van der Waals surface area contributed by atoms with Crippen LogP contribution in [0.5, 0.6) is 0 Å². The summed E-state index contributed by atoms with van der Waals surface area (Å²) < 4.78 is 0. The van der Waals surface area contributed by atoms with E-state index in [1.165, 1.54) is 19.3 Å². The highest BCUT2D eigenvalue weighted by molar-refractivity contribution is 6.30. The molecule has 1 fully saturated rings. The first-order valence-electron chi connectivity index (χ1n) is 12.6. The number of imidazole rings is 1. The Balaban J connectivity index is 1.44. The molecule has 1 unspecified atom stereocenters. The Morgan fingerprint density at radius 2 is 2.05 bits per heavy atom. The van der Waals surface area contributed by atoms with E-state index in [1.54, 1.807) is 36.5 Å². The number of pyridine rings is 1. The van der Waals surface area contributed by atoms with Crippen LogP contribution in [0.2, 0.25) is 5.02 Å². The maximum absolute atomic E-state index is 12.9. The molecule has 0 spiro atoms. The molecule has 4 aromatic rings. The van der Waals surface area contributed by atoms with Gasteiger partial charge in [-0.25, -0.2) is 4.98 Å². The average Bonchev–Trinajstić information content (AvgIpc) is 3.32. The number of rotatable bonds is 7. The van der Waals surface area contributed by atoms with Gasteiger partial charge in [-0.1, -0.05) is 43.0 Å². The first-order chi connectivity index (χ1) is 17.9. The van der Waals surface area contributed by atoms with Crippen LogP contribution in [-0.4, -0.2) is 38.5 Å². The normalized spacial score (nSPS) is 15.7. The lowest BCUT2D eigenvalue weighted by Gasteiger charge is -2.18. The monoisotopic (exact) mass is 518 g/mol. The van der Waals surface area contributed by atoms with Crippen LogP contribution in [0.15, 0.2) is 58.4 Å². The van der Waals surface area contributed by atoms with Crippen molar-refractivity contribution in [2.24, 2.45) is 10.7 Å². The SMILES string of the molecule is Cc1cc(/C(N)=N/C2CCCCC2)cc2[nH]c(-c3c(NCC(O)c4cccc(Cl)c4)cc[nH]c3=O)nc12. The lowest BCUT2D eigenvalue weighted by atomic mass is 9.96. The van der Waals surface area contributed by atoms with Crippen LogP contribution >= 0.6 is 11.6 Å². The van der Waals surface area contributed by atoms with Gasteiger partial charge in [-0.05, 0) is 61.2 Å². The summed E-state index contributed by atoms with van der Waals surface area (Å²) in [4.78, 5) is 28.4. The second kappa shape index (κ2) is 10.8. The number of aliphatic hydroxyl groups is 1. The average molecular weight is 519 g/mol. The molecule has 5 rings (SSSR count). The number of nitrogens with one attached hydrogen (secondary N) is 3. The van der Waals surface area contributed by atoms with Crippen molar-refractivity contribution in [2.45, 2.75) is 51.2 Å². The van der Waals surface area contributed by atoms with Gasteiger partial charge in [0, 0.05) is 23.3 Å². The zero-order valence-corrected chi connectivity index (χ0v) is 21.5. The molecule has 2 aromatic carbocycles. The maximum Gasteiger partial charge on any atom is 0.261 e. The van der Waals surface area contributed by atoms with Gasteiger partial charge in [-0.15, -0.1) is 0 Å². The number of aromatic nitrogens is 3. The van der Waals surface area contributed by atoms with Gasteiger partial charge in [0.15, 0.2) is 0 Å². The number of hydrogen-bond acceptors (Lipinski definition) is 5. The molecule has 2 aromatic heterocycles. The van der Waals surface area contributed by atoms with Gasteiger partial charge in [0.25, 0.3) is 5.56 Å². The van der Waals surface area contributed by atoms with E-state index in [0.717, 1.165) is 35.0 Å². The molecule has 0 saturated heterocycles. The largest absolute Gasteiger partial charge is 0.387 e. The van der Waals surface area contributed by atoms with Crippen molar-refractivity contribution in [3.8, 4) is 11.4 Å². The molecular formula is C28H31ClN6O2. The molecule has 0 radical (unpaired) electrons. The van der Waals surface area contributed by atoms with E-state index in [0.29, 0.717) is 33.5 Å². The Morgan fingerprint density at radius 1 is 1.24 bits per heavy atom.